The van der Waals surface area contributed by atoms with E-state index in [0.29, 0.717) is 6.07 Å². The van der Waals surface area contributed by atoms with Gasteiger partial charge < -0.3 is 10.5 Å². The summed E-state index contributed by atoms with van der Waals surface area (Å²) in [4.78, 5) is 10.9. The van der Waals surface area contributed by atoms with Gasteiger partial charge in [0.05, 0.1) is 22.7 Å². The standard InChI is InChI=1S/C16H13F3N2O4S/c17-16(18,19)10-4-3-5-11(8-10)26(23,24)21-9-14(15(20)22)25-13-7-2-1-6-12(13)21/h1-8,14H,9H2,(H2,20,22). The van der Waals surface area contributed by atoms with Crippen LogP contribution in [0.3, 0.4) is 0 Å². The first-order chi connectivity index (χ1) is 12.1. The number of nitrogens with two attached hydrogens (primary N) is 1. The summed E-state index contributed by atoms with van der Waals surface area (Å²) in [6.45, 7) is -0.440. The summed E-state index contributed by atoms with van der Waals surface area (Å²) >= 11 is 0. The molecule has 0 radical (unpaired) electrons. The van der Waals surface area contributed by atoms with Crippen LogP contribution in [-0.4, -0.2) is 27.0 Å². The van der Waals surface area contributed by atoms with Crippen molar-refractivity contribution in [3.8, 4) is 5.75 Å². The summed E-state index contributed by atoms with van der Waals surface area (Å²) in [5, 5.41) is 0. The van der Waals surface area contributed by atoms with E-state index in [1.807, 2.05) is 0 Å². The predicted molar refractivity (Wildman–Crippen MR) is 86.0 cm³/mol. The summed E-state index contributed by atoms with van der Waals surface area (Å²) < 4.78 is 70.8. The molecule has 6 nitrogen and oxygen atoms in total. The highest BCUT2D eigenvalue weighted by atomic mass is 32.2. The van der Waals surface area contributed by atoms with Crippen LogP contribution in [0.5, 0.6) is 5.75 Å². The van der Waals surface area contributed by atoms with Crippen LogP contribution < -0.4 is 14.8 Å². The minimum Gasteiger partial charge on any atom is -0.476 e. The molecule has 1 unspecified atom stereocenters. The van der Waals surface area contributed by atoms with Crippen molar-refractivity contribution in [3.05, 3.63) is 54.1 Å². The Morgan fingerprint density at radius 2 is 1.85 bits per heavy atom. The number of halogens is 3. The summed E-state index contributed by atoms with van der Waals surface area (Å²) in [7, 11) is -4.38. The molecular weight excluding hydrogens is 373 g/mol. The molecule has 1 atom stereocenters. The normalized spacial score (nSPS) is 17.3. The van der Waals surface area contributed by atoms with Crippen LogP contribution in [0.2, 0.25) is 0 Å². The Hall–Kier alpha value is -2.75. The van der Waals surface area contributed by atoms with Crippen molar-refractivity contribution in [2.45, 2.75) is 17.2 Å². The molecule has 2 N–H and O–H groups in total. The van der Waals surface area contributed by atoms with Crippen LogP contribution in [-0.2, 0) is 21.0 Å². The van der Waals surface area contributed by atoms with Gasteiger partial charge in [-0.05, 0) is 30.3 Å². The van der Waals surface area contributed by atoms with Crippen molar-refractivity contribution in [1.82, 2.24) is 0 Å². The number of primary amides is 1. The lowest BCUT2D eigenvalue weighted by atomic mass is 10.2. The van der Waals surface area contributed by atoms with Gasteiger partial charge in [-0.25, -0.2) is 8.42 Å². The minimum atomic E-state index is -4.69. The van der Waals surface area contributed by atoms with Crippen molar-refractivity contribution >= 4 is 21.6 Å². The van der Waals surface area contributed by atoms with Gasteiger partial charge in [-0.1, -0.05) is 18.2 Å². The smallest absolute Gasteiger partial charge is 0.416 e. The van der Waals surface area contributed by atoms with E-state index in [-0.39, 0.29) is 11.4 Å². The Balaban J connectivity index is 2.11. The molecule has 0 spiro atoms. The number of hydrogen-bond donors (Lipinski definition) is 1. The number of ether oxygens (including phenoxy) is 1. The Labute approximate surface area is 147 Å². The van der Waals surface area contributed by atoms with E-state index in [4.69, 9.17) is 10.5 Å². The first kappa shape index (κ1) is 18.1. The van der Waals surface area contributed by atoms with Crippen LogP contribution in [0.1, 0.15) is 5.56 Å². The van der Waals surface area contributed by atoms with E-state index in [2.05, 4.69) is 0 Å². The van der Waals surface area contributed by atoms with Crippen LogP contribution in [0.15, 0.2) is 53.4 Å². The zero-order valence-corrected chi connectivity index (χ0v) is 13.9. The van der Waals surface area contributed by atoms with Gasteiger partial charge in [-0.3, -0.25) is 9.10 Å². The van der Waals surface area contributed by atoms with Gasteiger partial charge in [0.25, 0.3) is 15.9 Å². The van der Waals surface area contributed by atoms with Crippen molar-refractivity contribution in [3.63, 3.8) is 0 Å². The molecule has 1 heterocycles. The number of sulfonamides is 1. The highest BCUT2D eigenvalue weighted by Gasteiger charge is 2.38. The zero-order valence-electron chi connectivity index (χ0n) is 13.1. The van der Waals surface area contributed by atoms with Gasteiger partial charge in [0.15, 0.2) is 6.10 Å². The summed E-state index contributed by atoms with van der Waals surface area (Å²) in [6.07, 6.45) is -5.95. The van der Waals surface area contributed by atoms with Crippen LogP contribution in [0, 0.1) is 0 Å². The molecule has 1 aliphatic heterocycles. The number of alkyl halides is 3. The fourth-order valence-corrected chi connectivity index (χ4v) is 4.06. The SMILES string of the molecule is NC(=O)C1CN(S(=O)(=O)c2cccc(C(F)(F)F)c2)c2ccccc2O1. The predicted octanol–water partition coefficient (Wildman–Crippen LogP) is 2.15. The lowest BCUT2D eigenvalue weighted by Gasteiger charge is -2.34. The molecule has 0 bridgehead atoms. The maximum atomic E-state index is 12.9. The average molecular weight is 386 g/mol. The van der Waals surface area contributed by atoms with Crippen LogP contribution in [0.25, 0.3) is 0 Å². The van der Waals surface area contributed by atoms with Crippen molar-refractivity contribution < 1.29 is 31.1 Å². The molecule has 0 fully saturated rings. The lowest BCUT2D eigenvalue weighted by molar-refractivity contribution is -0.137. The molecule has 0 saturated heterocycles. The van der Waals surface area contributed by atoms with Crippen molar-refractivity contribution in [1.29, 1.82) is 0 Å². The Morgan fingerprint density at radius 3 is 2.50 bits per heavy atom. The molecule has 0 saturated carbocycles. The van der Waals surface area contributed by atoms with E-state index < -0.39 is 45.2 Å². The van der Waals surface area contributed by atoms with E-state index in [1.165, 1.54) is 12.1 Å². The van der Waals surface area contributed by atoms with E-state index >= 15 is 0 Å². The van der Waals surface area contributed by atoms with Gasteiger partial charge >= 0.3 is 6.18 Å². The number of rotatable bonds is 3. The molecule has 3 rings (SSSR count). The van der Waals surface area contributed by atoms with Crippen molar-refractivity contribution in [2.75, 3.05) is 10.8 Å². The number of anilines is 1. The molecule has 0 aliphatic carbocycles. The second-order valence-corrected chi connectivity index (χ2v) is 7.40. The number of carbonyl (C=O) groups excluding carboxylic acids is 1. The molecule has 10 heteroatoms. The maximum absolute atomic E-state index is 12.9. The first-order valence-electron chi connectivity index (χ1n) is 7.36. The Bertz CT molecular complexity index is 960. The third-order valence-corrected chi connectivity index (χ3v) is 5.58. The minimum absolute atomic E-state index is 0.0955. The molecular formula is C16H13F3N2O4S. The third kappa shape index (κ3) is 3.19. The van der Waals surface area contributed by atoms with Gasteiger partial charge in [-0.2, -0.15) is 13.2 Å². The quantitative estimate of drug-likeness (QED) is 0.875. The lowest BCUT2D eigenvalue weighted by Crippen LogP contribution is -2.49. The first-order valence-corrected chi connectivity index (χ1v) is 8.80. The van der Waals surface area contributed by atoms with Crippen LogP contribution in [0.4, 0.5) is 18.9 Å². The Morgan fingerprint density at radius 1 is 1.15 bits per heavy atom. The molecule has 26 heavy (non-hydrogen) atoms. The number of benzene rings is 2. The maximum Gasteiger partial charge on any atom is 0.416 e. The zero-order chi connectivity index (χ0) is 19.1. The number of fused-ring (bicyclic) bond motifs is 1. The molecule has 2 aromatic carbocycles. The molecule has 0 aromatic heterocycles. The van der Waals surface area contributed by atoms with Crippen molar-refractivity contribution in [2.24, 2.45) is 5.73 Å². The van der Waals surface area contributed by atoms with E-state index in [9.17, 15) is 26.4 Å². The summed E-state index contributed by atoms with van der Waals surface area (Å²) in [5.41, 5.74) is 4.24. The number of carbonyl (C=O) groups is 1. The molecule has 2 aromatic rings. The molecule has 1 amide bonds. The number of para-hydroxylation sites is 2. The molecule has 138 valence electrons. The number of nitrogens with zero attached hydrogens (tertiary/aromatic N) is 1. The van der Waals surface area contributed by atoms with Gasteiger partial charge in [0.1, 0.15) is 5.75 Å². The monoisotopic (exact) mass is 386 g/mol. The van der Waals surface area contributed by atoms with Gasteiger partial charge in [0, 0.05) is 0 Å². The highest BCUT2D eigenvalue weighted by Crippen LogP contribution is 2.37. The second kappa shape index (κ2) is 6.20. The Kier molecular flexibility index (Phi) is 4.31. The average Bonchev–Trinajstić information content (AvgIpc) is 2.60. The highest BCUT2D eigenvalue weighted by molar-refractivity contribution is 7.92. The third-order valence-electron chi connectivity index (χ3n) is 3.80. The summed E-state index contributed by atoms with van der Waals surface area (Å²) in [5.74, 6) is -0.790. The van der Waals surface area contributed by atoms with Crippen LogP contribution >= 0.6 is 0 Å². The molecule has 1 aliphatic rings. The van der Waals surface area contributed by atoms with E-state index in [0.717, 1.165) is 22.5 Å². The van der Waals surface area contributed by atoms with Gasteiger partial charge in [0.2, 0.25) is 0 Å². The topological polar surface area (TPSA) is 89.7 Å². The van der Waals surface area contributed by atoms with Gasteiger partial charge in [-0.15, -0.1) is 0 Å². The number of hydrogen-bond acceptors (Lipinski definition) is 4. The number of amides is 1. The second-order valence-electron chi connectivity index (χ2n) is 5.54. The fraction of sp³-hybridized carbons (Fsp3) is 0.188. The summed E-state index contributed by atoms with van der Waals surface area (Å²) in [6, 6.07) is 9.37. The largest absolute Gasteiger partial charge is 0.476 e. The fourth-order valence-electron chi connectivity index (χ4n) is 2.54. The van der Waals surface area contributed by atoms with E-state index in [1.54, 1.807) is 12.1 Å².